The molecule has 1 N–H and O–H groups in total. The minimum Gasteiger partial charge on any atom is -0.389 e. The lowest BCUT2D eigenvalue weighted by molar-refractivity contribution is 0.0263. The van der Waals surface area contributed by atoms with Crippen molar-refractivity contribution in [3.05, 3.63) is 0 Å². The van der Waals surface area contributed by atoms with Gasteiger partial charge in [-0.05, 0) is 20.4 Å². The SMILES string of the molecule is CCN(CCOCCCl)CC(C)(C)O. The molecule has 0 bridgehead atoms. The Bertz CT molecular complexity index is 137. The monoisotopic (exact) mass is 223 g/mol. The zero-order chi connectivity index (χ0) is 11.0. The molecule has 0 aromatic heterocycles. The molecule has 0 rings (SSSR count). The number of likely N-dealkylation sites (N-methyl/N-ethyl adjacent to an activating group) is 1. The Morgan fingerprint density at radius 3 is 2.43 bits per heavy atom. The predicted molar refractivity (Wildman–Crippen MR) is 60.0 cm³/mol. The van der Waals surface area contributed by atoms with Gasteiger partial charge in [-0.15, -0.1) is 11.6 Å². The normalized spacial score (nSPS) is 12.4. The van der Waals surface area contributed by atoms with Crippen LogP contribution >= 0.6 is 11.6 Å². The van der Waals surface area contributed by atoms with E-state index in [1.165, 1.54) is 0 Å². The number of alkyl halides is 1. The Morgan fingerprint density at radius 2 is 2.00 bits per heavy atom. The van der Waals surface area contributed by atoms with Crippen LogP contribution in [0.25, 0.3) is 0 Å². The van der Waals surface area contributed by atoms with Gasteiger partial charge in [0, 0.05) is 19.0 Å². The number of rotatable bonds is 8. The summed E-state index contributed by atoms with van der Waals surface area (Å²) in [5.74, 6) is 0.539. The van der Waals surface area contributed by atoms with E-state index in [1.807, 2.05) is 13.8 Å². The lowest BCUT2D eigenvalue weighted by atomic mass is 10.1. The zero-order valence-corrected chi connectivity index (χ0v) is 10.2. The molecule has 3 nitrogen and oxygen atoms in total. The summed E-state index contributed by atoms with van der Waals surface area (Å²) >= 11 is 5.48. The second-order valence-electron chi connectivity index (χ2n) is 3.98. The minimum atomic E-state index is -0.636. The van der Waals surface area contributed by atoms with Gasteiger partial charge >= 0.3 is 0 Å². The van der Waals surface area contributed by atoms with Crippen molar-refractivity contribution >= 4 is 11.6 Å². The molecule has 0 saturated carbocycles. The molecule has 4 heteroatoms. The summed E-state index contributed by atoms with van der Waals surface area (Å²) < 4.78 is 5.27. The Hall–Kier alpha value is 0.170. The van der Waals surface area contributed by atoms with Crippen LogP contribution in [0.3, 0.4) is 0 Å². The van der Waals surface area contributed by atoms with Crippen LogP contribution in [-0.2, 0) is 4.74 Å². The van der Waals surface area contributed by atoms with Crippen molar-refractivity contribution in [3.63, 3.8) is 0 Å². The Labute approximate surface area is 92.0 Å². The highest BCUT2D eigenvalue weighted by Gasteiger charge is 2.16. The summed E-state index contributed by atoms with van der Waals surface area (Å²) in [6, 6.07) is 0. The third kappa shape index (κ3) is 8.75. The van der Waals surface area contributed by atoms with Crippen LogP contribution in [0.1, 0.15) is 20.8 Å². The maximum absolute atomic E-state index is 9.62. The van der Waals surface area contributed by atoms with Gasteiger partial charge < -0.3 is 9.84 Å². The van der Waals surface area contributed by atoms with Gasteiger partial charge in [-0.2, -0.15) is 0 Å². The quantitative estimate of drug-likeness (QED) is 0.498. The van der Waals surface area contributed by atoms with Gasteiger partial charge in [0.25, 0.3) is 0 Å². The summed E-state index contributed by atoms with van der Waals surface area (Å²) in [4.78, 5) is 2.16. The first kappa shape index (κ1) is 14.2. The summed E-state index contributed by atoms with van der Waals surface area (Å²) in [6.07, 6.45) is 0. The first-order valence-electron chi connectivity index (χ1n) is 5.08. The maximum Gasteiger partial charge on any atom is 0.0718 e. The highest BCUT2D eigenvalue weighted by atomic mass is 35.5. The summed E-state index contributed by atoms with van der Waals surface area (Å²) in [6.45, 7) is 9.43. The molecule has 0 aliphatic carbocycles. The number of hydrogen-bond acceptors (Lipinski definition) is 3. The molecule has 0 fully saturated rings. The van der Waals surface area contributed by atoms with Gasteiger partial charge in [0.1, 0.15) is 0 Å². The van der Waals surface area contributed by atoms with Crippen molar-refractivity contribution < 1.29 is 9.84 Å². The van der Waals surface area contributed by atoms with Crippen LogP contribution in [0, 0.1) is 0 Å². The van der Waals surface area contributed by atoms with E-state index in [0.29, 0.717) is 25.6 Å². The van der Waals surface area contributed by atoms with Crippen molar-refractivity contribution in [1.29, 1.82) is 0 Å². The Morgan fingerprint density at radius 1 is 1.36 bits per heavy atom. The third-order valence-electron chi connectivity index (χ3n) is 1.83. The first-order chi connectivity index (χ1) is 6.49. The fourth-order valence-electron chi connectivity index (χ4n) is 1.25. The van der Waals surface area contributed by atoms with Gasteiger partial charge in [-0.3, -0.25) is 4.90 Å². The maximum atomic E-state index is 9.62. The van der Waals surface area contributed by atoms with E-state index in [0.717, 1.165) is 13.1 Å². The molecule has 0 aliphatic heterocycles. The van der Waals surface area contributed by atoms with Crippen molar-refractivity contribution in [2.75, 3.05) is 38.7 Å². The highest BCUT2D eigenvalue weighted by Crippen LogP contribution is 2.04. The zero-order valence-electron chi connectivity index (χ0n) is 9.42. The molecule has 0 radical (unpaired) electrons. The van der Waals surface area contributed by atoms with Crippen molar-refractivity contribution in [1.82, 2.24) is 4.90 Å². The topological polar surface area (TPSA) is 32.7 Å². The number of hydrogen-bond donors (Lipinski definition) is 1. The molecule has 0 aromatic carbocycles. The summed E-state index contributed by atoms with van der Waals surface area (Å²) in [5, 5.41) is 9.62. The fraction of sp³-hybridized carbons (Fsp3) is 1.00. The summed E-state index contributed by atoms with van der Waals surface area (Å²) in [7, 11) is 0. The van der Waals surface area contributed by atoms with E-state index in [9.17, 15) is 5.11 Å². The molecule has 0 saturated heterocycles. The van der Waals surface area contributed by atoms with E-state index in [-0.39, 0.29) is 0 Å². The van der Waals surface area contributed by atoms with E-state index in [1.54, 1.807) is 0 Å². The molecular weight excluding hydrogens is 202 g/mol. The minimum absolute atomic E-state index is 0.539. The lowest BCUT2D eigenvalue weighted by Gasteiger charge is -2.27. The van der Waals surface area contributed by atoms with Gasteiger partial charge in [0.15, 0.2) is 0 Å². The largest absolute Gasteiger partial charge is 0.389 e. The molecular formula is C10H22ClNO2. The van der Waals surface area contributed by atoms with Crippen molar-refractivity contribution in [2.24, 2.45) is 0 Å². The smallest absolute Gasteiger partial charge is 0.0718 e. The molecule has 0 atom stereocenters. The van der Waals surface area contributed by atoms with Crippen LogP contribution in [0.15, 0.2) is 0 Å². The molecule has 0 aliphatic rings. The van der Waals surface area contributed by atoms with E-state index in [4.69, 9.17) is 16.3 Å². The van der Waals surface area contributed by atoms with E-state index >= 15 is 0 Å². The molecule has 0 amide bonds. The van der Waals surface area contributed by atoms with Crippen LogP contribution in [0.2, 0.25) is 0 Å². The third-order valence-corrected chi connectivity index (χ3v) is 1.99. The standard InChI is InChI=1S/C10H22ClNO2/c1-4-12(9-10(2,3)13)6-8-14-7-5-11/h13H,4-9H2,1-3H3. The molecule has 14 heavy (non-hydrogen) atoms. The number of halogens is 1. The van der Waals surface area contributed by atoms with E-state index in [2.05, 4.69) is 11.8 Å². The van der Waals surface area contributed by atoms with Crippen LogP contribution in [0.4, 0.5) is 0 Å². The van der Waals surface area contributed by atoms with Gasteiger partial charge in [0.2, 0.25) is 0 Å². The molecule has 0 heterocycles. The number of nitrogens with zero attached hydrogens (tertiary/aromatic N) is 1. The molecule has 0 aromatic rings. The van der Waals surface area contributed by atoms with Crippen LogP contribution < -0.4 is 0 Å². The Kier molecular flexibility index (Phi) is 7.55. The van der Waals surface area contributed by atoms with Crippen molar-refractivity contribution in [2.45, 2.75) is 26.4 Å². The van der Waals surface area contributed by atoms with Crippen LogP contribution in [-0.4, -0.2) is 54.3 Å². The fourth-order valence-corrected chi connectivity index (χ4v) is 1.36. The predicted octanol–water partition coefficient (Wildman–Crippen LogP) is 1.33. The van der Waals surface area contributed by atoms with Crippen LogP contribution in [0.5, 0.6) is 0 Å². The molecule has 0 spiro atoms. The average Bonchev–Trinajstić information content (AvgIpc) is 2.08. The second kappa shape index (κ2) is 7.46. The highest BCUT2D eigenvalue weighted by molar-refractivity contribution is 6.17. The van der Waals surface area contributed by atoms with E-state index < -0.39 is 5.60 Å². The number of aliphatic hydroxyl groups is 1. The first-order valence-corrected chi connectivity index (χ1v) is 5.61. The van der Waals surface area contributed by atoms with Gasteiger partial charge in [-0.25, -0.2) is 0 Å². The Balaban J connectivity index is 3.58. The lowest BCUT2D eigenvalue weighted by Crippen LogP contribution is -2.40. The van der Waals surface area contributed by atoms with Gasteiger partial charge in [-0.1, -0.05) is 6.92 Å². The van der Waals surface area contributed by atoms with Gasteiger partial charge in [0.05, 0.1) is 18.8 Å². The van der Waals surface area contributed by atoms with Crippen molar-refractivity contribution in [3.8, 4) is 0 Å². The molecule has 86 valence electrons. The summed E-state index contributed by atoms with van der Waals surface area (Å²) in [5.41, 5.74) is -0.636. The number of ether oxygens (including phenoxy) is 1. The molecule has 0 unspecified atom stereocenters. The average molecular weight is 224 g/mol. The second-order valence-corrected chi connectivity index (χ2v) is 4.36.